The van der Waals surface area contributed by atoms with Crippen molar-refractivity contribution in [2.45, 2.75) is 13.5 Å². The van der Waals surface area contributed by atoms with E-state index in [0.29, 0.717) is 5.65 Å². The molecular weight excluding hydrogens is 500 g/mol. The van der Waals surface area contributed by atoms with Crippen molar-refractivity contribution in [3.63, 3.8) is 0 Å². The number of pyridine rings is 2. The molecule has 39 heavy (non-hydrogen) atoms. The number of hydrogen-bond donors (Lipinski definition) is 3. The van der Waals surface area contributed by atoms with Gasteiger partial charge in [-0.25, -0.2) is 4.98 Å². The first-order chi connectivity index (χ1) is 19.2. The van der Waals surface area contributed by atoms with E-state index in [2.05, 4.69) is 97.0 Å². The minimum absolute atomic E-state index is 0.678. The lowest BCUT2D eigenvalue weighted by Gasteiger charge is -2.08. The Morgan fingerprint density at radius 1 is 1.05 bits per heavy atom. The topological polar surface area (TPSA) is 82.3 Å². The van der Waals surface area contributed by atoms with E-state index in [9.17, 15) is 0 Å². The van der Waals surface area contributed by atoms with E-state index in [-0.39, 0.29) is 0 Å². The molecule has 1 aromatic carbocycles. The Kier molecular flexibility index (Phi) is 6.99. The van der Waals surface area contributed by atoms with Gasteiger partial charge in [0.2, 0.25) is 0 Å². The molecule has 192 valence electrons. The van der Waals surface area contributed by atoms with Gasteiger partial charge in [-0.3, -0.25) is 10.1 Å². The molecule has 6 aromatic rings. The van der Waals surface area contributed by atoms with Crippen molar-refractivity contribution in [2.75, 3.05) is 6.54 Å². The summed E-state index contributed by atoms with van der Waals surface area (Å²) in [5.41, 5.74) is 9.00. The SMILES string of the molecule is C=C/C(=C\C(=C/C)c1cnc2n[nH]c(-c3cc4c(-c5cccs5)nccc4[nH]3)c2c1)CNCc1ccccc1. The first-order valence-corrected chi connectivity index (χ1v) is 13.7. The number of thiophene rings is 1. The predicted molar refractivity (Wildman–Crippen MR) is 162 cm³/mol. The Labute approximate surface area is 230 Å². The molecule has 0 spiro atoms. The monoisotopic (exact) mass is 528 g/mol. The fourth-order valence-electron chi connectivity index (χ4n) is 4.72. The van der Waals surface area contributed by atoms with Crippen LogP contribution in [0.1, 0.15) is 18.1 Å². The van der Waals surface area contributed by atoms with Crippen LogP contribution in [-0.2, 0) is 6.54 Å². The highest BCUT2D eigenvalue weighted by molar-refractivity contribution is 7.13. The van der Waals surface area contributed by atoms with E-state index in [1.54, 1.807) is 11.3 Å². The van der Waals surface area contributed by atoms with Gasteiger partial charge in [-0.1, -0.05) is 61.2 Å². The smallest absolute Gasteiger partial charge is 0.181 e. The van der Waals surface area contributed by atoms with Crippen LogP contribution in [0.3, 0.4) is 0 Å². The van der Waals surface area contributed by atoms with Crippen molar-refractivity contribution >= 4 is 38.8 Å². The molecule has 3 N–H and O–H groups in total. The molecule has 0 radical (unpaired) electrons. The van der Waals surface area contributed by atoms with Crippen LogP contribution < -0.4 is 5.32 Å². The largest absolute Gasteiger partial charge is 0.353 e. The first kappa shape index (κ1) is 24.7. The quantitative estimate of drug-likeness (QED) is 0.169. The van der Waals surface area contributed by atoms with Gasteiger partial charge in [0.25, 0.3) is 0 Å². The summed E-state index contributed by atoms with van der Waals surface area (Å²) in [5, 5.41) is 15.3. The summed E-state index contributed by atoms with van der Waals surface area (Å²) in [6.07, 6.45) is 9.89. The molecule has 0 saturated carbocycles. The molecule has 6 nitrogen and oxygen atoms in total. The van der Waals surface area contributed by atoms with Crippen molar-refractivity contribution in [1.29, 1.82) is 0 Å². The number of hydrogen-bond acceptors (Lipinski definition) is 5. The number of aromatic amines is 2. The maximum Gasteiger partial charge on any atom is 0.181 e. The Bertz CT molecular complexity index is 1810. The molecular formula is C32H28N6S. The van der Waals surface area contributed by atoms with Crippen molar-refractivity contribution in [3.8, 4) is 22.0 Å². The van der Waals surface area contributed by atoms with Crippen LogP contribution in [0.2, 0.25) is 0 Å². The number of rotatable bonds is 9. The second-order valence-corrected chi connectivity index (χ2v) is 10.2. The summed E-state index contributed by atoms with van der Waals surface area (Å²) in [5.74, 6) is 0. The van der Waals surface area contributed by atoms with Crippen LogP contribution in [0, 0.1) is 0 Å². The van der Waals surface area contributed by atoms with E-state index in [1.807, 2.05) is 43.6 Å². The Balaban J connectivity index is 1.30. The highest BCUT2D eigenvalue weighted by Crippen LogP contribution is 2.34. The predicted octanol–water partition coefficient (Wildman–Crippen LogP) is 7.54. The highest BCUT2D eigenvalue weighted by atomic mass is 32.1. The van der Waals surface area contributed by atoms with E-state index in [0.717, 1.165) is 68.0 Å². The van der Waals surface area contributed by atoms with Crippen LogP contribution in [-0.4, -0.2) is 31.7 Å². The van der Waals surface area contributed by atoms with Crippen LogP contribution >= 0.6 is 11.3 Å². The van der Waals surface area contributed by atoms with Crippen LogP contribution in [0.25, 0.3) is 49.5 Å². The third kappa shape index (κ3) is 5.10. The van der Waals surface area contributed by atoms with E-state index in [1.165, 1.54) is 5.56 Å². The van der Waals surface area contributed by atoms with E-state index >= 15 is 0 Å². The lowest BCUT2D eigenvalue weighted by Crippen LogP contribution is -2.15. The molecule has 0 bridgehead atoms. The summed E-state index contributed by atoms with van der Waals surface area (Å²) in [7, 11) is 0. The highest BCUT2D eigenvalue weighted by Gasteiger charge is 2.15. The molecule has 7 heteroatoms. The first-order valence-electron chi connectivity index (χ1n) is 12.8. The maximum absolute atomic E-state index is 4.66. The average molecular weight is 529 g/mol. The fraction of sp³-hybridized carbons (Fsp3) is 0.0938. The fourth-order valence-corrected chi connectivity index (χ4v) is 5.46. The van der Waals surface area contributed by atoms with E-state index < -0.39 is 0 Å². The van der Waals surface area contributed by atoms with Crippen molar-refractivity contribution in [1.82, 2.24) is 30.5 Å². The standard InChI is InChI=1S/C32H28N6S/c1-3-21(18-33-19-22-9-6-5-7-10-22)15-23(4-2)24-16-26-30(37-38-32(26)35-20-24)28-17-25-27(36-28)12-13-34-31(25)29-11-8-14-39-29/h3-17,20,33,36H,1,18-19H2,2H3,(H,35,37,38)/b21-15+,23-4+. The average Bonchev–Trinajstić information content (AvgIpc) is 3.74. The lowest BCUT2D eigenvalue weighted by atomic mass is 10.0. The number of benzene rings is 1. The third-order valence-electron chi connectivity index (χ3n) is 6.73. The molecule has 5 aromatic heterocycles. The van der Waals surface area contributed by atoms with Crippen molar-refractivity contribution < 1.29 is 0 Å². The third-order valence-corrected chi connectivity index (χ3v) is 7.61. The molecule has 6 rings (SSSR count). The van der Waals surface area contributed by atoms with Gasteiger partial charge in [0, 0.05) is 47.3 Å². The summed E-state index contributed by atoms with van der Waals surface area (Å²) in [6.45, 7) is 7.60. The van der Waals surface area contributed by atoms with Gasteiger partial charge in [-0.15, -0.1) is 11.3 Å². The molecule has 0 aliphatic carbocycles. The maximum atomic E-state index is 4.66. The molecule has 0 amide bonds. The molecule has 0 saturated heterocycles. The van der Waals surface area contributed by atoms with Gasteiger partial charge >= 0.3 is 0 Å². The van der Waals surface area contributed by atoms with Gasteiger partial charge < -0.3 is 10.3 Å². The normalized spacial score (nSPS) is 12.4. The van der Waals surface area contributed by atoms with Crippen LogP contribution in [0.5, 0.6) is 0 Å². The van der Waals surface area contributed by atoms with Gasteiger partial charge in [0.1, 0.15) is 0 Å². The number of H-pyrrole nitrogens is 2. The second-order valence-electron chi connectivity index (χ2n) is 9.23. The number of nitrogens with one attached hydrogen (secondary N) is 3. The number of nitrogens with zero attached hydrogens (tertiary/aromatic N) is 3. The zero-order valence-corrected chi connectivity index (χ0v) is 22.4. The minimum atomic E-state index is 0.678. The van der Waals surface area contributed by atoms with Crippen LogP contribution in [0.4, 0.5) is 0 Å². The summed E-state index contributed by atoms with van der Waals surface area (Å²) >= 11 is 1.69. The van der Waals surface area contributed by atoms with Crippen molar-refractivity contribution in [2.24, 2.45) is 0 Å². The molecule has 0 unspecified atom stereocenters. The Morgan fingerprint density at radius 3 is 2.74 bits per heavy atom. The molecule has 0 aliphatic rings. The zero-order valence-electron chi connectivity index (χ0n) is 21.6. The molecule has 0 aliphatic heterocycles. The van der Waals surface area contributed by atoms with Gasteiger partial charge in [-0.2, -0.15) is 5.10 Å². The van der Waals surface area contributed by atoms with Crippen molar-refractivity contribution in [3.05, 3.63) is 120 Å². The van der Waals surface area contributed by atoms with Gasteiger partial charge in [0.05, 0.1) is 22.0 Å². The van der Waals surface area contributed by atoms with Gasteiger partial charge in [-0.05, 0) is 53.3 Å². The summed E-state index contributed by atoms with van der Waals surface area (Å²) in [4.78, 5) is 14.0. The number of aromatic nitrogens is 5. The summed E-state index contributed by atoms with van der Waals surface area (Å²) in [6, 6.07) is 20.8. The van der Waals surface area contributed by atoms with E-state index in [4.69, 9.17) is 0 Å². The minimum Gasteiger partial charge on any atom is -0.353 e. The summed E-state index contributed by atoms with van der Waals surface area (Å²) < 4.78 is 0. The lowest BCUT2D eigenvalue weighted by molar-refractivity contribution is 0.747. The van der Waals surface area contributed by atoms with Crippen LogP contribution in [0.15, 0.2) is 109 Å². The second kappa shape index (κ2) is 11.0. The molecule has 0 atom stereocenters. The zero-order chi connectivity index (χ0) is 26.6. The van der Waals surface area contributed by atoms with Gasteiger partial charge in [0.15, 0.2) is 5.65 Å². The molecule has 5 heterocycles. The number of allylic oxidation sites excluding steroid dienone is 3. The number of fused-ring (bicyclic) bond motifs is 2. The molecule has 0 fully saturated rings. The Hall–Kier alpha value is -4.59. The Morgan fingerprint density at radius 2 is 1.95 bits per heavy atom.